The number of nitrogens with one attached hydrogen (secondary N) is 1. The van der Waals surface area contributed by atoms with Crippen molar-refractivity contribution in [2.45, 2.75) is 12.7 Å². The van der Waals surface area contributed by atoms with Crippen LogP contribution in [0.15, 0.2) is 30.3 Å². The highest BCUT2D eigenvalue weighted by molar-refractivity contribution is 7.90. The molecule has 7 nitrogen and oxygen atoms in total. The maximum Gasteiger partial charge on any atom is 0.317 e. The number of urea groups is 1. The smallest absolute Gasteiger partial charge is 0.317 e. The summed E-state index contributed by atoms with van der Waals surface area (Å²) < 4.78 is 24.0. The Hall–Kier alpha value is -2.09. The van der Waals surface area contributed by atoms with Gasteiger partial charge >= 0.3 is 12.0 Å². The number of carbonyl (C=O) groups is 2. The molecule has 1 aromatic rings. The Morgan fingerprint density at radius 3 is 2.43 bits per heavy atom. The summed E-state index contributed by atoms with van der Waals surface area (Å²) in [6.45, 7) is 1.54. The first-order valence-corrected chi connectivity index (χ1v) is 8.99. The lowest BCUT2D eigenvalue weighted by atomic mass is 10.2. The highest BCUT2D eigenvalue weighted by Gasteiger charge is 2.18. The summed E-state index contributed by atoms with van der Waals surface area (Å²) >= 11 is 0. The molecule has 2 N–H and O–H groups in total. The summed E-state index contributed by atoms with van der Waals surface area (Å²) in [7, 11) is -1.85. The lowest BCUT2D eigenvalue weighted by Gasteiger charge is -2.20. The summed E-state index contributed by atoms with van der Waals surface area (Å²) in [5.74, 6) is -1.92. The molecular weight excluding hydrogens is 320 g/mol. The van der Waals surface area contributed by atoms with Crippen LogP contribution in [0.25, 0.3) is 0 Å². The van der Waals surface area contributed by atoms with Crippen LogP contribution < -0.4 is 5.32 Å². The number of carbonyl (C=O) groups excluding carboxylic acids is 1. The standard InChI is InChI=1S/C15H22N2O5S/c1-12(14(18)19)10-17(2)15(20)16-8-9-23(21,22)11-13-6-4-3-5-7-13/h3-7,12H,8-11H2,1-2H3,(H,16,20)(H,18,19). The first-order chi connectivity index (χ1) is 10.7. The SMILES string of the molecule is CC(CN(C)C(=O)NCCS(=O)(=O)Cc1ccccc1)C(=O)O. The quantitative estimate of drug-likeness (QED) is 0.732. The molecule has 0 heterocycles. The predicted molar refractivity (Wildman–Crippen MR) is 86.8 cm³/mol. The Morgan fingerprint density at radius 2 is 1.87 bits per heavy atom. The average molecular weight is 342 g/mol. The molecule has 0 radical (unpaired) electrons. The predicted octanol–water partition coefficient (Wildman–Crippen LogP) is 0.963. The Labute approximate surface area is 136 Å². The minimum Gasteiger partial charge on any atom is -0.481 e. The van der Waals surface area contributed by atoms with Gasteiger partial charge in [0.05, 0.1) is 17.4 Å². The van der Waals surface area contributed by atoms with E-state index in [2.05, 4.69) is 5.32 Å². The number of nitrogens with zero attached hydrogens (tertiary/aromatic N) is 1. The fourth-order valence-electron chi connectivity index (χ4n) is 1.92. The molecule has 23 heavy (non-hydrogen) atoms. The van der Waals surface area contributed by atoms with E-state index in [0.29, 0.717) is 5.56 Å². The van der Waals surface area contributed by atoms with Crippen LogP contribution >= 0.6 is 0 Å². The van der Waals surface area contributed by atoms with Crippen molar-refractivity contribution >= 4 is 21.8 Å². The molecule has 0 aliphatic heterocycles. The number of amides is 2. The minimum atomic E-state index is -3.32. The molecule has 8 heteroatoms. The van der Waals surface area contributed by atoms with E-state index in [1.807, 2.05) is 6.07 Å². The highest BCUT2D eigenvalue weighted by Crippen LogP contribution is 2.05. The van der Waals surface area contributed by atoms with Crippen LogP contribution in [-0.4, -0.2) is 56.3 Å². The highest BCUT2D eigenvalue weighted by atomic mass is 32.2. The zero-order chi connectivity index (χ0) is 17.5. The van der Waals surface area contributed by atoms with Crippen molar-refractivity contribution in [1.82, 2.24) is 10.2 Å². The van der Waals surface area contributed by atoms with E-state index < -0.39 is 27.8 Å². The Kier molecular flexibility index (Phi) is 7.02. The van der Waals surface area contributed by atoms with Crippen molar-refractivity contribution < 1.29 is 23.1 Å². The number of carboxylic acids is 1. The number of rotatable bonds is 8. The first kappa shape index (κ1) is 19.0. The molecule has 0 spiro atoms. The van der Waals surface area contributed by atoms with Gasteiger partial charge in [0, 0.05) is 20.1 Å². The number of benzene rings is 1. The van der Waals surface area contributed by atoms with Crippen molar-refractivity contribution in [2.75, 3.05) is 25.9 Å². The van der Waals surface area contributed by atoms with Gasteiger partial charge < -0.3 is 15.3 Å². The summed E-state index contributed by atoms with van der Waals surface area (Å²) in [5.41, 5.74) is 0.700. The molecule has 1 unspecified atom stereocenters. The van der Waals surface area contributed by atoms with Crippen LogP contribution in [0, 0.1) is 5.92 Å². The second-order valence-electron chi connectivity index (χ2n) is 5.43. The van der Waals surface area contributed by atoms with Crippen LogP contribution in [0.2, 0.25) is 0 Å². The van der Waals surface area contributed by atoms with Crippen LogP contribution in [0.4, 0.5) is 4.79 Å². The topological polar surface area (TPSA) is 104 Å². The van der Waals surface area contributed by atoms with E-state index in [-0.39, 0.29) is 24.6 Å². The normalized spacial score (nSPS) is 12.4. The summed E-state index contributed by atoms with van der Waals surface area (Å²) in [5, 5.41) is 11.3. The minimum absolute atomic E-state index is 0.0141. The van der Waals surface area contributed by atoms with Gasteiger partial charge in [-0.3, -0.25) is 4.79 Å². The van der Waals surface area contributed by atoms with Gasteiger partial charge in [-0.05, 0) is 5.56 Å². The molecule has 2 amide bonds. The first-order valence-electron chi connectivity index (χ1n) is 7.17. The molecule has 1 atom stereocenters. The van der Waals surface area contributed by atoms with Crippen molar-refractivity contribution in [1.29, 1.82) is 0 Å². The van der Waals surface area contributed by atoms with Crippen molar-refractivity contribution in [3.8, 4) is 0 Å². The van der Waals surface area contributed by atoms with E-state index in [0.717, 1.165) is 0 Å². The van der Waals surface area contributed by atoms with Crippen LogP contribution in [0.5, 0.6) is 0 Å². The van der Waals surface area contributed by atoms with Gasteiger partial charge in [-0.25, -0.2) is 13.2 Å². The van der Waals surface area contributed by atoms with Gasteiger partial charge in [-0.1, -0.05) is 37.3 Å². The number of sulfone groups is 1. The fraction of sp³-hybridized carbons (Fsp3) is 0.467. The van der Waals surface area contributed by atoms with E-state index >= 15 is 0 Å². The lowest BCUT2D eigenvalue weighted by molar-refractivity contribution is -0.141. The van der Waals surface area contributed by atoms with E-state index in [9.17, 15) is 18.0 Å². The number of hydrogen-bond donors (Lipinski definition) is 2. The maximum atomic E-state index is 12.0. The summed E-state index contributed by atoms with van der Waals surface area (Å²) in [4.78, 5) is 23.7. The lowest BCUT2D eigenvalue weighted by Crippen LogP contribution is -2.42. The fourth-order valence-corrected chi connectivity index (χ4v) is 3.18. The van der Waals surface area contributed by atoms with Gasteiger partial charge in [0.1, 0.15) is 0 Å². The van der Waals surface area contributed by atoms with Crippen molar-refractivity contribution in [3.05, 3.63) is 35.9 Å². The van der Waals surface area contributed by atoms with E-state index in [1.54, 1.807) is 24.3 Å². The van der Waals surface area contributed by atoms with Crippen LogP contribution in [0.3, 0.4) is 0 Å². The monoisotopic (exact) mass is 342 g/mol. The van der Waals surface area contributed by atoms with Gasteiger partial charge in [-0.15, -0.1) is 0 Å². The Balaban J connectivity index is 2.40. The third kappa shape index (κ3) is 7.14. The molecule has 0 aliphatic carbocycles. The largest absolute Gasteiger partial charge is 0.481 e. The molecule has 0 fully saturated rings. The van der Waals surface area contributed by atoms with Crippen LogP contribution in [0.1, 0.15) is 12.5 Å². The summed E-state index contributed by atoms with van der Waals surface area (Å²) in [6, 6.07) is 8.32. The maximum absolute atomic E-state index is 12.0. The molecular formula is C15H22N2O5S. The Bertz CT molecular complexity index is 631. The molecule has 1 rings (SSSR count). The zero-order valence-corrected chi connectivity index (χ0v) is 14.0. The van der Waals surface area contributed by atoms with E-state index in [4.69, 9.17) is 5.11 Å². The second-order valence-corrected chi connectivity index (χ2v) is 7.61. The van der Waals surface area contributed by atoms with Crippen molar-refractivity contribution in [3.63, 3.8) is 0 Å². The third-order valence-electron chi connectivity index (χ3n) is 3.23. The number of carboxylic acid groups (broad SMARTS) is 1. The van der Waals surface area contributed by atoms with Gasteiger partial charge in [0.25, 0.3) is 0 Å². The molecule has 0 saturated heterocycles. The zero-order valence-electron chi connectivity index (χ0n) is 13.2. The van der Waals surface area contributed by atoms with E-state index in [1.165, 1.54) is 18.9 Å². The third-order valence-corrected chi connectivity index (χ3v) is 4.83. The average Bonchev–Trinajstić information content (AvgIpc) is 2.47. The number of hydrogen-bond acceptors (Lipinski definition) is 4. The van der Waals surface area contributed by atoms with Crippen molar-refractivity contribution in [2.24, 2.45) is 5.92 Å². The molecule has 1 aromatic carbocycles. The van der Waals surface area contributed by atoms with Gasteiger partial charge in [0.15, 0.2) is 9.84 Å². The molecule has 0 aliphatic rings. The second kappa shape index (κ2) is 8.52. The summed E-state index contributed by atoms with van der Waals surface area (Å²) in [6.07, 6.45) is 0. The van der Waals surface area contributed by atoms with Crippen LogP contribution in [-0.2, 0) is 20.4 Å². The van der Waals surface area contributed by atoms with Gasteiger partial charge in [-0.2, -0.15) is 0 Å². The Morgan fingerprint density at radius 1 is 1.26 bits per heavy atom. The molecule has 0 bridgehead atoms. The molecule has 128 valence electrons. The number of aliphatic carboxylic acids is 1. The van der Waals surface area contributed by atoms with Gasteiger partial charge in [0.2, 0.25) is 0 Å². The molecule has 0 saturated carbocycles. The molecule has 0 aromatic heterocycles.